The van der Waals surface area contributed by atoms with E-state index < -0.39 is 18.2 Å². The van der Waals surface area contributed by atoms with Crippen LogP contribution in [-0.2, 0) is 15.0 Å². The van der Waals surface area contributed by atoms with E-state index in [1.807, 2.05) is 0 Å². The molecule has 2 unspecified atom stereocenters. The topological polar surface area (TPSA) is 91.7 Å². The number of rotatable bonds is 12. The summed E-state index contributed by atoms with van der Waals surface area (Å²) in [5, 5.41) is 2.62. The maximum absolute atomic E-state index is 12.3. The zero-order chi connectivity index (χ0) is 25.1. The molecule has 0 amide bonds. The van der Waals surface area contributed by atoms with E-state index in [-0.39, 0.29) is 31.0 Å². The monoisotopic (exact) mass is 523 g/mol. The van der Waals surface area contributed by atoms with Gasteiger partial charge in [-0.15, -0.1) is 0 Å². The van der Waals surface area contributed by atoms with Crippen molar-refractivity contribution in [2.24, 2.45) is 11.8 Å². The maximum Gasteiger partial charge on any atom is 1.00 e. The first-order chi connectivity index (χ1) is 15.6. The van der Waals surface area contributed by atoms with E-state index in [1.54, 1.807) is 0 Å². The van der Waals surface area contributed by atoms with Crippen molar-refractivity contribution in [1.29, 1.82) is 0 Å². The molecule has 2 N–H and O–H groups in total. The molecule has 0 spiro atoms. The Balaban J connectivity index is -0.000000503. The predicted octanol–water partition coefficient (Wildman–Crippen LogP) is 5.55. The van der Waals surface area contributed by atoms with Gasteiger partial charge >= 0.3 is 47.8 Å². The summed E-state index contributed by atoms with van der Waals surface area (Å²) in [6.45, 7) is 8.98. The van der Waals surface area contributed by atoms with Crippen molar-refractivity contribution in [2.45, 2.75) is 79.1 Å². The third kappa shape index (κ3) is 21.0. The van der Waals surface area contributed by atoms with Gasteiger partial charge in [0.25, 0.3) is 0 Å². The summed E-state index contributed by atoms with van der Waals surface area (Å²) in [5.74, 6) is 1.41. The molecule has 0 aromatic heterocycles. The molecule has 0 saturated carbocycles. The molecule has 0 radical (unpaired) electrons. The van der Waals surface area contributed by atoms with E-state index in [0.717, 1.165) is 12.3 Å². The van der Waals surface area contributed by atoms with Crippen LogP contribution in [0, 0.1) is 11.8 Å². The summed E-state index contributed by atoms with van der Waals surface area (Å²) in [6, 6.07) is 16.7. The fourth-order valence-corrected chi connectivity index (χ4v) is 5.80. The van der Waals surface area contributed by atoms with Crippen molar-refractivity contribution < 1.29 is 53.1 Å². The van der Waals surface area contributed by atoms with Crippen LogP contribution in [0.2, 0.25) is 0 Å². The molecule has 0 heterocycles. The quantitative estimate of drug-likeness (QED) is 0.216. The first kappa shape index (κ1) is 35.8. The summed E-state index contributed by atoms with van der Waals surface area (Å²) >= 11 is 0. The van der Waals surface area contributed by atoms with E-state index in [4.69, 9.17) is 17.5 Å². The Kier molecular flexibility index (Phi) is 23.1. The largest absolute Gasteiger partial charge is 1.00 e. The summed E-state index contributed by atoms with van der Waals surface area (Å²) < 4.78 is 43.8. The van der Waals surface area contributed by atoms with Crippen LogP contribution in [0.1, 0.15) is 80.5 Å². The normalized spacial score (nSPS) is 12.8. The molecule has 0 aliphatic rings. The Labute approximate surface area is 232 Å². The molecule has 190 valence electrons. The van der Waals surface area contributed by atoms with Gasteiger partial charge in [-0.3, -0.25) is 9.11 Å². The molecule has 0 bridgehead atoms. The molecule has 5 nitrogen and oxygen atoms in total. The average Bonchev–Trinajstić information content (AvgIpc) is 2.78. The fraction of sp³-hybridized carbons (Fsp3) is 0.615. The minimum Gasteiger partial charge on any atom is -1.00 e. The molecule has 0 saturated heterocycles. The number of hydrogen-bond donors (Lipinski definition) is 2. The summed E-state index contributed by atoms with van der Waals surface area (Å²) in [4.78, 5) is 0. The van der Waals surface area contributed by atoms with E-state index in [9.17, 15) is 4.57 Å². The van der Waals surface area contributed by atoms with Gasteiger partial charge in [-0.2, -0.15) is 8.42 Å². The third-order valence-electron chi connectivity index (χ3n) is 5.67. The zero-order valence-electron chi connectivity index (χ0n) is 22.8. The van der Waals surface area contributed by atoms with Gasteiger partial charge in [0, 0.05) is 11.8 Å². The zero-order valence-corrected chi connectivity index (χ0v) is 25.5. The second kappa shape index (κ2) is 21.9. The average molecular weight is 524 g/mol. The van der Waals surface area contributed by atoms with Crippen LogP contribution in [-0.4, -0.2) is 29.8 Å². The molecule has 0 aliphatic heterocycles. The fourth-order valence-electron chi connectivity index (χ4n) is 3.62. The van der Waals surface area contributed by atoms with Crippen LogP contribution in [0.15, 0.2) is 48.5 Å². The Morgan fingerprint density at radius 2 is 1.06 bits per heavy atom. The Morgan fingerprint density at radius 3 is 1.29 bits per heavy atom. The van der Waals surface area contributed by atoms with Crippen molar-refractivity contribution in [1.82, 2.24) is 0 Å². The van der Waals surface area contributed by atoms with E-state index >= 15 is 0 Å². The molecular weight excluding hydrogens is 478 g/mol. The Bertz CT molecular complexity index is 789. The summed E-state index contributed by atoms with van der Waals surface area (Å²) in [7, 11) is -5.62. The first-order valence-corrected chi connectivity index (χ1v) is 15.2. The van der Waals surface area contributed by atoms with Gasteiger partial charge in [-0.05, 0) is 36.5 Å². The molecule has 2 atom stereocenters. The van der Waals surface area contributed by atoms with Gasteiger partial charge in [0.2, 0.25) is 0 Å². The van der Waals surface area contributed by atoms with Gasteiger partial charge in [0.15, 0.2) is 0 Å². The number of unbranched alkanes of at least 4 members (excludes halogenated alkanes) is 2. The van der Waals surface area contributed by atoms with Crippen molar-refractivity contribution in [3.63, 3.8) is 0 Å². The second-order valence-electron chi connectivity index (χ2n) is 8.47. The molecule has 8 heteroatoms. The number of fused-ring (bicyclic) bond motifs is 1. The van der Waals surface area contributed by atoms with Crippen molar-refractivity contribution in [3.05, 3.63) is 48.5 Å². The van der Waals surface area contributed by atoms with Gasteiger partial charge in [0.1, 0.15) is 12.3 Å². The number of benzene rings is 2. The molecule has 2 rings (SSSR count). The molecule has 34 heavy (non-hydrogen) atoms. The van der Waals surface area contributed by atoms with Gasteiger partial charge in [-0.1, -0.05) is 106 Å². The SMILES string of the molecule is CCCCC(CC)C[P+](=O)CC(CC)CCCC.O=S(=O)(O)O.[H-].[Na+].c1ccc2ccccc2c1. The first-order valence-electron chi connectivity index (χ1n) is 12.2. The second-order valence-corrected chi connectivity index (χ2v) is 11.1. The minimum atomic E-state index is -4.67. The van der Waals surface area contributed by atoms with Gasteiger partial charge in [0.05, 0.1) is 0 Å². The van der Waals surface area contributed by atoms with Crippen LogP contribution >= 0.6 is 7.80 Å². The molecule has 0 aliphatic carbocycles. The maximum atomic E-state index is 12.3. The van der Waals surface area contributed by atoms with E-state index in [1.165, 1.54) is 62.1 Å². The molecule has 2 aromatic rings. The Morgan fingerprint density at radius 1 is 0.765 bits per heavy atom. The van der Waals surface area contributed by atoms with Crippen LogP contribution in [0.3, 0.4) is 0 Å². The van der Waals surface area contributed by atoms with Crippen molar-refractivity contribution in [3.8, 4) is 0 Å². The standard InChI is InChI=1S/C16H34OP.C10H8.Na.H2O4S.H/c1-5-9-11-15(7-3)13-18(17)14-16(8-4)12-10-6-2;1-2-6-10-8-4-3-7-9(10)5-1;;1-5(2,3)4;/h15-16H,5-14H2,1-4H3;1-8H;;(H2,1,2,3,4);/q+1;;+1;;-1. The smallest absolute Gasteiger partial charge is 1.00 e. The summed E-state index contributed by atoms with van der Waals surface area (Å²) in [5.41, 5.74) is 0. The van der Waals surface area contributed by atoms with Crippen LogP contribution in [0.5, 0.6) is 0 Å². The van der Waals surface area contributed by atoms with E-state index in [0.29, 0.717) is 11.8 Å². The van der Waals surface area contributed by atoms with Crippen LogP contribution in [0.4, 0.5) is 0 Å². The number of hydrogen-bond acceptors (Lipinski definition) is 3. The predicted molar refractivity (Wildman–Crippen MR) is 143 cm³/mol. The van der Waals surface area contributed by atoms with Gasteiger partial charge in [-0.25, -0.2) is 0 Å². The van der Waals surface area contributed by atoms with E-state index in [2.05, 4.69) is 76.2 Å². The Hall–Kier alpha value is -0.330. The third-order valence-corrected chi connectivity index (χ3v) is 7.52. The molecular formula is C26H45NaO5PS+. The van der Waals surface area contributed by atoms with Crippen LogP contribution < -0.4 is 29.6 Å². The van der Waals surface area contributed by atoms with Crippen LogP contribution in [0.25, 0.3) is 10.8 Å². The van der Waals surface area contributed by atoms with Gasteiger partial charge < -0.3 is 1.43 Å². The van der Waals surface area contributed by atoms with Crippen molar-refractivity contribution in [2.75, 3.05) is 12.3 Å². The van der Waals surface area contributed by atoms with Crippen molar-refractivity contribution >= 4 is 29.0 Å². The minimum absolute atomic E-state index is 0. The summed E-state index contributed by atoms with van der Waals surface area (Å²) in [6.07, 6.45) is 12.0. The molecule has 0 fully saturated rings. The molecule has 2 aromatic carbocycles.